The maximum Gasteiger partial charge on any atom is 0.258 e. The van der Waals surface area contributed by atoms with Crippen LogP contribution in [-0.4, -0.2) is 19.0 Å². The zero-order valence-corrected chi connectivity index (χ0v) is 13.7. The van der Waals surface area contributed by atoms with E-state index in [1.54, 1.807) is 0 Å². The van der Waals surface area contributed by atoms with Gasteiger partial charge in [-0.05, 0) is 61.7 Å². The summed E-state index contributed by atoms with van der Waals surface area (Å²) >= 11 is 5.83. The molecular weight excluding hydrogens is 315 g/mol. The Kier molecular flexibility index (Phi) is 4.53. The second-order valence-electron chi connectivity index (χ2n) is 5.77. The number of aryl methyl sites for hydroxylation is 1. The van der Waals surface area contributed by atoms with Gasteiger partial charge in [-0.25, -0.2) is 4.39 Å². The van der Waals surface area contributed by atoms with Crippen molar-refractivity contribution in [1.82, 2.24) is 0 Å². The molecule has 2 aromatic carbocycles. The highest BCUT2D eigenvalue weighted by Gasteiger charge is 2.16. The van der Waals surface area contributed by atoms with Gasteiger partial charge >= 0.3 is 0 Å². The van der Waals surface area contributed by atoms with Crippen molar-refractivity contribution in [3.05, 3.63) is 58.4 Å². The number of amides is 1. The smallest absolute Gasteiger partial charge is 0.258 e. The first kappa shape index (κ1) is 15.8. The van der Waals surface area contributed by atoms with Crippen LogP contribution in [0.15, 0.2) is 36.4 Å². The monoisotopic (exact) mass is 332 g/mol. The second kappa shape index (κ2) is 6.59. The Morgan fingerprint density at radius 1 is 1.17 bits per heavy atom. The fraction of sp³-hybridized carbons (Fsp3) is 0.278. The van der Waals surface area contributed by atoms with E-state index < -0.39 is 11.7 Å². The van der Waals surface area contributed by atoms with Gasteiger partial charge in [0.25, 0.3) is 5.91 Å². The summed E-state index contributed by atoms with van der Waals surface area (Å²) in [5.41, 5.74) is 2.87. The van der Waals surface area contributed by atoms with Crippen molar-refractivity contribution in [3.63, 3.8) is 0 Å². The molecule has 2 aromatic rings. The lowest BCUT2D eigenvalue weighted by Gasteiger charge is -2.20. The van der Waals surface area contributed by atoms with Crippen LogP contribution in [0, 0.1) is 12.7 Å². The molecule has 1 N–H and O–H groups in total. The van der Waals surface area contributed by atoms with Crippen molar-refractivity contribution >= 4 is 28.9 Å². The van der Waals surface area contributed by atoms with E-state index in [1.807, 2.05) is 25.1 Å². The van der Waals surface area contributed by atoms with Gasteiger partial charge in [0.1, 0.15) is 5.82 Å². The molecule has 1 heterocycles. The predicted octanol–water partition coefficient (Wildman–Crippen LogP) is 4.64. The number of hydrogen-bond donors (Lipinski definition) is 1. The number of benzene rings is 2. The number of halogens is 2. The third kappa shape index (κ3) is 3.48. The summed E-state index contributed by atoms with van der Waals surface area (Å²) in [4.78, 5) is 14.6. The quantitative estimate of drug-likeness (QED) is 0.888. The summed E-state index contributed by atoms with van der Waals surface area (Å²) in [7, 11) is 0. The Hall–Kier alpha value is -2.07. The fourth-order valence-corrected chi connectivity index (χ4v) is 3.09. The molecule has 3 nitrogen and oxygen atoms in total. The number of nitrogens with zero attached hydrogens (tertiary/aromatic N) is 1. The summed E-state index contributed by atoms with van der Waals surface area (Å²) in [6.07, 6.45) is 2.43. The summed E-state index contributed by atoms with van der Waals surface area (Å²) in [5.74, 6) is -1.09. The fourth-order valence-electron chi connectivity index (χ4n) is 2.92. The van der Waals surface area contributed by atoms with Crippen LogP contribution in [0.2, 0.25) is 5.02 Å². The lowest BCUT2D eigenvalue weighted by Crippen LogP contribution is -2.19. The predicted molar refractivity (Wildman–Crippen MR) is 92.0 cm³/mol. The summed E-state index contributed by atoms with van der Waals surface area (Å²) < 4.78 is 13.7. The normalized spacial score (nSPS) is 14.1. The van der Waals surface area contributed by atoms with Crippen molar-refractivity contribution in [3.8, 4) is 0 Å². The number of anilines is 2. The van der Waals surface area contributed by atoms with Gasteiger partial charge in [0, 0.05) is 29.5 Å². The van der Waals surface area contributed by atoms with E-state index in [-0.39, 0.29) is 5.56 Å². The lowest BCUT2D eigenvalue weighted by atomic mass is 10.1. The van der Waals surface area contributed by atoms with Gasteiger partial charge in [0.05, 0.1) is 5.56 Å². The number of nitrogens with one attached hydrogen (secondary N) is 1. The Morgan fingerprint density at radius 3 is 2.61 bits per heavy atom. The van der Waals surface area contributed by atoms with Gasteiger partial charge in [-0.2, -0.15) is 0 Å². The largest absolute Gasteiger partial charge is 0.371 e. The van der Waals surface area contributed by atoms with Gasteiger partial charge in [-0.3, -0.25) is 4.79 Å². The Labute approximate surface area is 140 Å². The first-order valence-corrected chi connectivity index (χ1v) is 8.04. The highest BCUT2D eigenvalue weighted by molar-refractivity contribution is 6.31. The third-order valence-electron chi connectivity index (χ3n) is 4.07. The molecule has 120 valence electrons. The van der Waals surface area contributed by atoms with Crippen molar-refractivity contribution in [1.29, 1.82) is 0 Å². The summed E-state index contributed by atoms with van der Waals surface area (Å²) in [6.45, 7) is 4.16. The van der Waals surface area contributed by atoms with Crippen molar-refractivity contribution in [2.24, 2.45) is 0 Å². The first-order valence-electron chi connectivity index (χ1n) is 7.66. The maximum atomic E-state index is 13.7. The number of hydrogen-bond acceptors (Lipinski definition) is 2. The first-order chi connectivity index (χ1) is 11.0. The molecule has 0 atom stereocenters. The van der Waals surface area contributed by atoms with Gasteiger partial charge in [-0.15, -0.1) is 0 Å². The summed E-state index contributed by atoms with van der Waals surface area (Å²) in [6, 6.07) is 9.71. The minimum Gasteiger partial charge on any atom is -0.371 e. The lowest BCUT2D eigenvalue weighted by molar-refractivity contribution is 0.102. The average Bonchev–Trinajstić information content (AvgIpc) is 3.04. The molecule has 0 saturated carbocycles. The van der Waals surface area contributed by atoms with Gasteiger partial charge in [0.2, 0.25) is 0 Å². The van der Waals surface area contributed by atoms with Crippen LogP contribution in [0.3, 0.4) is 0 Å². The van der Waals surface area contributed by atoms with Crippen LogP contribution in [-0.2, 0) is 0 Å². The van der Waals surface area contributed by atoms with Crippen LogP contribution in [0.1, 0.15) is 28.8 Å². The van der Waals surface area contributed by atoms with E-state index >= 15 is 0 Å². The Morgan fingerprint density at radius 2 is 1.91 bits per heavy atom. The van der Waals surface area contributed by atoms with Gasteiger partial charge in [-0.1, -0.05) is 11.6 Å². The molecule has 0 aromatic heterocycles. The van der Waals surface area contributed by atoms with Crippen molar-refractivity contribution in [2.75, 3.05) is 23.3 Å². The molecule has 1 aliphatic rings. The molecule has 5 heteroatoms. The highest BCUT2D eigenvalue weighted by atomic mass is 35.5. The van der Waals surface area contributed by atoms with Crippen LogP contribution in [0.25, 0.3) is 0 Å². The van der Waals surface area contributed by atoms with Crippen molar-refractivity contribution < 1.29 is 9.18 Å². The molecule has 0 unspecified atom stereocenters. The topological polar surface area (TPSA) is 32.3 Å². The van der Waals surface area contributed by atoms with E-state index in [9.17, 15) is 9.18 Å². The molecule has 23 heavy (non-hydrogen) atoms. The highest BCUT2D eigenvalue weighted by Crippen LogP contribution is 2.27. The molecule has 0 spiro atoms. The number of carbonyl (C=O) groups is 1. The van der Waals surface area contributed by atoms with Crippen LogP contribution < -0.4 is 10.2 Å². The average molecular weight is 333 g/mol. The van der Waals surface area contributed by atoms with E-state index in [1.165, 1.54) is 36.7 Å². The van der Waals surface area contributed by atoms with E-state index in [0.717, 1.165) is 18.7 Å². The standard InChI is InChI=1S/C18H18ClFN2O/c1-12-10-14(5-7-17(12)22-8-2-3-9-22)21-18(23)15-11-13(19)4-6-16(15)20/h4-7,10-11H,2-3,8-9H2,1H3,(H,21,23). The molecule has 1 saturated heterocycles. The number of carbonyl (C=O) groups excluding carboxylic acids is 1. The Bertz CT molecular complexity index is 742. The summed E-state index contributed by atoms with van der Waals surface area (Å²) in [5, 5.41) is 3.06. The minimum absolute atomic E-state index is 0.0567. The van der Waals surface area contributed by atoms with E-state index in [2.05, 4.69) is 10.2 Å². The molecular formula is C18H18ClFN2O. The van der Waals surface area contributed by atoms with Gasteiger partial charge in [0.15, 0.2) is 0 Å². The van der Waals surface area contributed by atoms with Crippen LogP contribution >= 0.6 is 11.6 Å². The number of rotatable bonds is 3. The van der Waals surface area contributed by atoms with Crippen LogP contribution in [0.5, 0.6) is 0 Å². The van der Waals surface area contributed by atoms with Crippen molar-refractivity contribution in [2.45, 2.75) is 19.8 Å². The molecule has 0 bridgehead atoms. The Balaban J connectivity index is 1.78. The van der Waals surface area contributed by atoms with Gasteiger partial charge < -0.3 is 10.2 Å². The molecule has 0 aliphatic carbocycles. The molecule has 1 fully saturated rings. The zero-order chi connectivity index (χ0) is 16.4. The van der Waals surface area contributed by atoms with E-state index in [0.29, 0.717) is 10.7 Å². The van der Waals surface area contributed by atoms with Crippen LogP contribution in [0.4, 0.5) is 15.8 Å². The SMILES string of the molecule is Cc1cc(NC(=O)c2cc(Cl)ccc2F)ccc1N1CCCC1. The zero-order valence-electron chi connectivity index (χ0n) is 12.9. The molecule has 1 amide bonds. The van der Waals surface area contributed by atoms with E-state index in [4.69, 9.17) is 11.6 Å². The molecule has 0 radical (unpaired) electrons. The second-order valence-corrected chi connectivity index (χ2v) is 6.21. The third-order valence-corrected chi connectivity index (χ3v) is 4.31. The molecule has 3 rings (SSSR count). The maximum absolute atomic E-state index is 13.7. The molecule has 1 aliphatic heterocycles. The minimum atomic E-state index is -0.586.